The number of nitrogens with one attached hydrogen (secondary N) is 2. The molecule has 0 spiro atoms. The molecule has 226 valence electrons. The number of benzene rings is 3. The molecule has 0 bridgehead atoms. The number of hydrogen-bond acceptors (Lipinski definition) is 4. The molecular weight excluding hydrogens is 570 g/mol. The van der Waals surface area contributed by atoms with Gasteiger partial charge in [-0.1, -0.05) is 61.0 Å². The summed E-state index contributed by atoms with van der Waals surface area (Å²) in [5, 5.41) is 14.2. The number of alkyl halides is 6. The van der Waals surface area contributed by atoms with Gasteiger partial charge in [0.25, 0.3) is 0 Å². The van der Waals surface area contributed by atoms with Crippen molar-refractivity contribution in [1.29, 1.82) is 0 Å². The van der Waals surface area contributed by atoms with Crippen LogP contribution in [0.15, 0.2) is 78.9 Å². The van der Waals surface area contributed by atoms with Crippen LogP contribution in [0.2, 0.25) is 0 Å². The summed E-state index contributed by atoms with van der Waals surface area (Å²) in [6.45, 7) is 0.140. The van der Waals surface area contributed by atoms with E-state index in [4.69, 9.17) is 5.11 Å². The maximum absolute atomic E-state index is 13.2. The lowest BCUT2D eigenvalue weighted by Gasteiger charge is -2.37. The Balaban J connectivity index is 2.07. The number of carboxylic acid groups (broad SMARTS) is 1. The molecule has 0 saturated carbocycles. The standard InChI is InChI=1S/C29H28F6N2O5/c30-28(31,32)41-23-13-7-11-21(17-23)27(19-20-9-3-1-4-10-20,22-12-8-14-24(18-22)42-29(33,34)35)37-26(40)36-16-6-2-5-15-25(38)39/h1,3-4,7-14,17-18H,2,5-6,15-16,19H2,(H,38,39)(H2,36,37,40). The number of amides is 2. The molecule has 42 heavy (non-hydrogen) atoms. The van der Waals surface area contributed by atoms with E-state index < -0.39 is 41.8 Å². The normalized spacial score (nSPS) is 12.0. The van der Waals surface area contributed by atoms with Crippen LogP contribution >= 0.6 is 0 Å². The average molecular weight is 599 g/mol. The number of urea groups is 1. The van der Waals surface area contributed by atoms with Gasteiger partial charge >= 0.3 is 24.7 Å². The number of ether oxygens (including phenoxy) is 2. The summed E-state index contributed by atoms with van der Waals surface area (Å²) < 4.78 is 86.6. The molecule has 0 saturated heterocycles. The summed E-state index contributed by atoms with van der Waals surface area (Å²) in [6, 6.07) is 17.4. The Hall–Kier alpha value is -4.42. The molecule has 0 heterocycles. The highest BCUT2D eigenvalue weighted by Gasteiger charge is 2.39. The van der Waals surface area contributed by atoms with E-state index in [1.165, 1.54) is 24.3 Å². The van der Waals surface area contributed by atoms with Crippen molar-refractivity contribution in [3.63, 3.8) is 0 Å². The molecule has 3 N–H and O–H groups in total. The molecule has 0 aliphatic rings. The van der Waals surface area contributed by atoms with Gasteiger partial charge in [0, 0.05) is 19.4 Å². The van der Waals surface area contributed by atoms with Gasteiger partial charge in [-0.25, -0.2) is 4.79 Å². The van der Waals surface area contributed by atoms with E-state index >= 15 is 0 Å². The maximum atomic E-state index is 13.2. The lowest BCUT2D eigenvalue weighted by molar-refractivity contribution is -0.275. The maximum Gasteiger partial charge on any atom is 0.573 e. The first-order valence-corrected chi connectivity index (χ1v) is 12.8. The second-order valence-corrected chi connectivity index (χ2v) is 9.30. The zero-order valence-corrected chi connectivity index (χ0v) is 22.1. The van der Waals surface area contributed by atoms with Crippen LogP contribution in [0.4, 0.5) is 31.1 Å². The topological polar surface area (TPSA) is 96.9 Å². The highest BCUT2D eigenvalue weighted by molar-refractivity contribution is 5.76. The summed E-state index contributed by atoms with van der Waals surface area (Å²) >= 11 is 0. The van der Waals surface area contributed by atoms with Gasteiger partial charge in [0.05, 0.1) is 5.54 Å². The first kappa shape index (κ1) is 32.1. The van der Waals surface area contributed by atoms with Crippen LogP contribution < -0.4 is 20.1 Å². The molecule has 3 aromatic rings. The molecule has 7 nitrogen and oxygen atoms in total. The molecule has 3 aromatic carbocycles. The minimum Gasteiger partial charge on any atom is -0.481 e. The van der Waals surface area contributed by atoms with Crippen molar-refractivity contribution >= 4 is 12.0 Å². The van der Waals surface area contributed by atoms with Gasteiger partial charge in [-0.3, -0.25) is 4.79 Å². The monoisotopic (exact) mass is 598 g/mol. The minimum atomic E-state index is -5.02. The van der Waals surface area contributed by atoms with Gasteiger partial charge in [0.1, 0.15) is 11.5 Å². The first-order valence-electron chi connectivity index (χ1n) is 12.8. The minimum absolute atomic E-state index is 0.0287. The van der Waals surface area contributed by atoms with Crippen molar-refractivity contribution in [3.8, 4) is 11.5 Å². The Kier molecular flexibility index (Phi) is 10.7. The van der Waals surface area contributed by atoms with Gasteiger partial charge in [0.2, 0.25) is 0 Å². The van der Waals surface area contributed by atoms with Crippen molar-refractivity contribution in [1.82, 2.24) is 10.6 Å². The van der Waals surface area contributed by atoms with E-state index in [0.29, 0.717) is 24.8 Å². The van der Waals surface area contributed by atoms with E-state index in [0.717, 1.165) is 24.3 Å². The third kappa shape index (κ3) is 10.2. The number of carboxylic acids is 1. The smallest absolute Gasteiger partial charge is 0.481 e. The molecule has 0 radical (unpaired) electrons. The van der Waals surface area contributed by atoms with E-state index in [1.807, 2.05) is 0 Å². The zero-order valence-electron chi connectivity index (χ0n) is 22.1. The number of rotatable bonds is 13. The molecule has 0 atom stereocenters. The van der Waals surface area contributed by atoms with E-state index in [-0.39, 0.29) is 30.5 Å². The van der Waals surface area contributed by atoms with Crippen LogP contribution in [0.25, 0.3) is 0 Å². The van der Waals surface area contributed by atoms with Crippen LogP contribution in [0, 0.1) is 0 Å². The fourth-order valence-corrected chi connectivity index (χ4v) is 4.40. The molecule has 0 aliphatic heterocycles. The Morgan fingerprint density at radius 2 is 1.26 bits per heavy atom. The number of halogens is 6. The summed E-state index contributed by atoms with van der Waals surface area (Å²) in [5.41, 5.74) is -0.913. The van der Waals surface area contributed by atoms with Gasteiger partial charge < -0.3 is 25.2 Å². The first-order chi connectivity index (χ1) is 19.8. The zero-order chi connectivity index (χ0) is 30.8. The van der Waals surface area contributed by atoms with Crippen molar-refractivity contribution in [2.45, 2.75) is 50.4 Å². The number of hydrogen-bond donors (Lipinski definition) is 3. The summed E-state index contributed by atoms with van der Waals surface area (Å²) in [5.74, 6) is -2.14. The predicted molar refractivity (Wildman–Crippen MR) is 140 cm³/mol. The lowest BCUT2D eigenvalue weighted by Crippen LogP contribution is -2.52. The third-order valence-electron chi connectivity index (χ3n) is 6.11. The number of carbonyl (C=O) groups excluding carboxylic acids is 1. The quantitative estimate of drug-likeness (QED) is 0.147. The van der Waals surface area contributed by atoms with E-state index in [1.54, 1.807) is 30.3 Å². The van der Waals surface area contributed by atoms with Crippen LogP contribution in [0.5, 0.6) is 11.5 Å². The fraction of sp³-hybridized carbons (Fsp3) is 0.310. The summed E-state index contributed by atoms with van der Waals surface area (Å²) in [4.78, 5) is 23.9. The SMILES string of the molecule is O=C(O)CCCCCNC(=O)NC(Cc1ccccc1)(c1cccc(OC(F)(F)F)c1)c1cccc(OC(F)(F)F)c1. The number of aliphatic carboxylic acids is 1. The number of unbranched alkanes of at least 4 members (excludes halogenated alkanes) is 2. The van der Waals surface area contributed by atoms with Crippen LogP contribution in [0.3, 0.4) is 0 Å². The third-order valence-corrected chi connectivity index (χ3v) is 6.11. The number of carbonyl (C=O) groups is 2. The lowest BCUT2D eigenvalue weighted by atomic mass is 9.77. The van der Waals surface area contributed by atoms with Crippen LogP contribution in [-0.2, 0) is 16.8 Å². The Morgan fingerprint density at radius 1 is 0.714 bits per heavy atom. The Labute approximate surface area is 237 Å². The average Bonchev–Trinajstić information content (AvgIpc) is 2.89. The van der Waals surface area contributed by atoms with Gasteiger partial charge in [-0.05, 0) is 53.8 Å². The molecule has 13 heteroatoms. The van der Waals surface area contributed by atoms with Crippen molar-refractivity contribution in [3.05, 3.63) is 95.6 Å². The molecule has 3 rings (SSSR count). The molecule has 0 unspecified atom stereocenters. The van der Waals surface area contributed by atoms with Crippen LogP contribution in [-0.4, -0.2) is 36.4 Å². The van der Waals surface area contributed by atoms with Crippen molar-refractivity contribution < 1.29 is 50.5 Å². The fourth-order valence-electron chi connectivity index (χ4n) is 4.40. The van der Waals surface area contributed by atoms with Gasteiger partial charge in [-0.2, -0.15) is 0 Å². The Bertz CT molecular complexity index is 1270. The largest absolute Gasteiger partial charge is 0.573 e. The van der Waals surface area contributed by atoms with Gasteiger partial charge in [-0.15, -0.1) is 26.3 Å². The van der Waals surface area contributed by atoms with Crippen LogP contribution in [0.1, 0.15) is 42.4 Å². The molecule has 0 fully saturated rings. The molecular formula is C29H28F6N2O5. The second-order valence-electron chi connectivity index (χ2n) is 9.30. The van der Waals surface area contributed by atoms with E-state index in [9.17, 15) is 35.9 Å². The van der Waals surface area contributed by atoms with Crippen molar-refractivity contribution in [2.75, 3.05) is 6.54 Å². The highest BCUT2D eigenvalue weighted by atomic mass is 19.4. The van der Waals surface area contributed by atoms with Crippen molar-refractivity contribution in [2.24, 2.45) is 0 Å². The second kappa shape index (κ2) is 14.0. The molecule has 0 aliphatic carbocycles. The molecule has 0 aromatic heterocycles. The Morgan fingerprint density at radius 3 is 1.76 bits per heavy atom. The predicted octanol–water partition coefficient (Wildman–Crippen LogP) is 6.91. The molecule has 2 amide bonds. The van der Waals surface area contributed by atoms with Gasteiger partial charge in [0.15, 0.2) is 0 Å². The highest BCUT2D eigenvalue weighted by Crippen LogP contribution is 2.38. The summed E-state index contributed by atoms with van der Waals surface area (Å²) in [7, 11) is 0. The van der Waals surface area contributed by atoms with E-state index in [2.05, 4.69) is 20.1 Å². The summed E-state index contributed by atoms with van der Waals surface area (Å²) in [6.07, 6.45) is -8.80.